The van der Waals surface area contributed by atoms with Crippen LogP contribution in [0.15, 0.2) is 42.5 Å². The van der Waals surface area contributed by atoms with Crippen molar-refractivity contribution in [2.45, 2.75) is 18.9 Å². The quantitative estimate of drug-likeness (QED) is 0.868. The summed E-state index contributed by atoms with van der Waals surface area (Å²) >= 11 is 0. The highest BCUT2D eigenvalue weighted by atomic mass is 15.1. The summed E-state index contributed by atoms with van der Waals surface area (Å²) in [6, 6.07) is 16.1. The third-order valence-electron chi connectivity index (χ3n) is 4.00. The molecule has 2 aromatic carbocycles. The number of piperidine rings is 1. The monoisotopic (exact) mass is 240 g/mol. The molecule has 0 unspecified atom stereocenters. The van der Waals surface area contributed by atoms with Crippen molar-refractivity contribution < 1.29 is 0 Å². The van der Waals surface area contributed by atoms with Crippen LogP contribution in [0.4, 0.5) is 5.69 Å². The van der Waals surface area contributed by atoms with Crippen molar-refractivity contribution in [2.24, 2.45) is 0 Å². The molecule has 0 aliphatic carbocycles. The minimum atomic E-state index is 0.696. The zero-order valence-electron chi connectivity index (χ0n) is 10.9. The molecule has 0 radical (unpaired) electrons. The van der Waals surface area contributed by atoms with E-state index in [1.54, 1.807) is 0 Å². The maximum atomic E-state index is 3.38. The molecule has 0 aromatic heterocycles. The van der Waals surface area contributed by atoms with Gasteiger partial charge in [0.15, 0.2) is 0 Å². The van der Waals surface area contributed by atoms with Gasteiger partial charge in [-0.3, -0.25) is 0 Å². The number of nitrogens with zero attached hydrogens (tertiary/aromatic N) is 1. The molecule has 94 valence electrons. The van der Waals surface area contributed by atoms with Gasteiger partial charge in [0.1, 0.15) is 0 Å². The summed E-state index contributed by atoms with van der Waals surface area (Å²) in [7, 11) is 2.07. The topological polar surface area (TPSA) is 15.3 Å². The molecule has 1 saturated heterocycles. The van der Waals surface area contributed by atoms with Gasteiger partial charge in [-0.05, 0) is 42.8 Å². The second-order valence-corrected chi connectivity index (χ2v) is 5.08. The van der Waals surface area contributed by atoms with Crippen molar-refractivity contribution in [3.8, 4) is 0 Å². The molecule has 1 fully saturated rings. The second kappa shape index (κ2) is 4.99. The van der Waals surface area contributed by atoms with E-state index in [-0.39, 0.29) is 0 Å². The van der Waals surface area contributed by atoms with Crippen LogP contribution in [-0.4, -0.2) is 26.2 Å². The fourth-order valence-electron chi connectivity index (χ4n) is 2.80. The first-order valence-electron chi connectivity index (χ1n) is 6.78. The first kappa shape index (κ1) is 11.5. The van der Waals surface area contributed by atoms with Crippen molar-refractivity contribution in [1.29, 1.82) is 0 Å². The number of nitrogens with one attached hydrogen (secondary N) is 1. The molecule has 2 nitrogen and oxygen atoms in total. The normalized spacial score (nSPS) is 17.3. The minimum Gasteiger partial charge on any atom is -0.371 e. The lowest BCUT2D eigenvalue weighted by atomic mass is 10.0. The van der Waals surface area contributed by atoms with E-state index in [4.69, 9.17) is 0 Å². The summed E-state index contributed by atoms with van der Waals surface area (Å²) in [5.41, 5.74) is 1.36. The predicted octanol–water partition coefficient (Wildman–Crippen LogP) is 3.03. The van der Waals surface area contributed by atoms with Crippen LogP contribution >= 0.6 is 0 Å². The fraction of sp³-hybridized carbons (Fsp3) is 0.375. The summed E-state index contributed by atoms with van der Waals surface area (Å²) in [5, 5.41) is 6.04. The Kier molecular flexibility index (Phi) is 3.20. The lowest BCUT2D eigenvalue weighted by Crippen LogP contribution is -2.41. The minimum absolute atomic E-state index is 0.696. The molecule has 0 spiro atoms. The Labute approximate surface area is 109 Å². The highest BCUT2D eigenvalue weighted by molar-refractivity contribution is 5.85. The van der Waals surface area contributed by atoms with E-state index in [1.807, 2.05) is 0 Å². The van der Waals surface area contributed by atoms with Crippen LogP contribution in [0.2, 0.25) is 0 Å². The molecule has 2 heteroatoms. The summed E-state index contributed by atoms with van der Waals surface area (Å²) in [6.45, 7) is 2.31. The Bertz CT molecular complexity index is 527. The lowest BCUT2D eigenvalue weighted by molar-refractivity contribution is 0.442. The number of hydrogen-bond acceptors (Lipinski definition) is 2. The molecule has 1 N–H and O–H groups in total. The van der Waals surface area contributed by atoms with Gasteiger partial charge in [0, 0.05) is 24.8 Å². The van der Waals surface area contributed by atoms with Crippen LogP contribution < -0.4 is 10.2 Å². The predicted molar refractivity (Wildman–Crippen MR) is 78.2 cm³/mol. The van der Waals surface area contributed by atoms with Crippen molar-refractivity contribution in [3.63, 3.8) is 0 Å². The van der Waals surface area contributed by atoms with Gasteiger partial charge in [0.2, 0.25) is 0 Å². The van der Waals surface area contributed by atoms with Gasteiger partial charge in [-0.1, -0.05) is 30.3 Å². The maximum absolute atomic E-state index is 3.38. The summed E-state index contributed by atoms with van der Waals surface area (Å²) in [4.78, 5) is 2.50. The van der Waals surface area contributed by atoms with Gasteiger partial charge in [-0.25, -0.2) is 0 Å². The van der Waals surface area contributed by atoms with Crippen molar-refractivity contribution in [1.82, 2.24) is 5.32 Å². The summed E-state index contributed by atoms with van der Waals surface area (Å²) in [5.74, 6) is 0. The molecular formula is C16H20N2. The van der Waals surface area contributed by atoms with E-state index < -0.39 is 0 Å². The van der Waals surface area contributed by atoms with E-state index in [9.17, 15) is 0 Å². The molecule has 1 heterocycles. The van der Waals surface area contributed by atoms with E-state index in [1.165, 1.54) is 29.3 Å². The summed E-state index contributed by atoms with van der Waals surface area (Å²) < 4.78 is 0. The third kappa shape index (κ3) is 2.21. The Balaban J connectivity index is 1.82. The molecule has 1 aliphatic heterocycles. The standard InChI is InChI=1S/C16H20N2/c1-17-15-8-10-18(11-9-15)16-7-6-13-4-2-3-5-14(13)12-16/h2-7,12,15,17H,8-11H2,1H3. The van der Waals surface area contributed by atoms with Gasteiger partial charge in [-0.2, -0.15) is 0 Å². The zero-order valence-corrected chi connectivity index (χ0v) is 10.9. The first-order chi connectivity index (χ1) is 8.86. The second-order valence-electron chi connectivity index (χ2n) is 5.08. The smallest absolute Gasteiger partial charge is 0.0372 e. The van der Waals surface area contributed by atoms with Crippen LogP contribution in [0.25, 0.3) is 10.8 Å². The number of fused-ring (bicyclic) bond motifs is 1. The van der Waals surface area contributed by atoms with Crippen LogP contribution in [0.1, 0.15) is 12.8 Å². The highest BCUT2D eigenvalue weighted by Gasteiger charge is 2.17. The van der Waals surface area contributed by atoms with Gasteiger partial charge in [0.25, 0.3) is 0 Å². The number of hydrogen-bond donors (Lipinski definition) is 1. The largest absolute Gasteiger partial charge is 0.371 e. The van der Waals surface area contributed by atoms with E-state index in [0.29, 0.717) is 6.04 Å². The van der Waals surface area contributed by atoms with Crippen LogP contribution in [0, 0.1) is 0 Å². The van der Waals surface area contributed by atoms with E-state index in [0.717, 1.165) is 13.1 Å². The average Bonchev–Trinajstić information content (AvgIpc) is 2.47. The van der Waals surface area contributed by atoms with Crippen LogP contribution in [0.5, 0.6) is 0 Å². The molecule has 3 rings (SSSR count). The highest BCUT2D eigenvalue weighted by Crippen LogP contribution is 2.24. The molecule has 0 bridgehead atoms. The third-order valence-corrected chi connectivity index (χ3v) is 4.00. The van der Waals surface area contributed by atoms with Gasteiger partial charge in [0.05, 0.1) is 0 Å². The number of anilines is 1. The molecule has 18 heavy (non-hydrogen) atoms. The maximum Gasteiger partial charge on any atom is 0.0372 e. The van der Waals surface area contributed by atoms with Gasteiger partial charge in [-0.15, -0.1) is 0 Å². The first-order valence-corrected chi connectivity index (χ1v) is 6.78. The van der Waals surface area contributed by atoms with Crippen molar-refractivity contribution in [2.75, 3.05) is 25.0 Å². The Hall–Kier alpha value is -1.54. The van der Waals surface area contributed by atoms with Gasteiger partial charge < -0.3 is 10.2 Å². The molecule has 0 amide bonds. The SMILES string of the molecule is CNC1CCN(c2ccc3ccccc3c2)CC1. The number of benzene rings is 2. The molecule has 0 saturated carbocycles. The lowest BCUT2D eigenvalue weighted by Gasteiger charge is -2.33. The molecule has 2 aromatic rings. The molecule has 1 aliphatic rings. The van der Waals surface area contributed by atoms with E-state index in [2.05, 4.69) is 59.7 Å². The van der Waals surface area contributed by atoms with Crippen molar-refractivity contribution in [3.05, 3.63) is 42.5 Å². The Morgan fingerprint density at radius 1 is 1.00 bits per heavy atom. The molecular weight excluding hydrogens is 220 g/mol. The van der Waals surface area contributed by atoms with Gasteiger partial charge >= 0.3 is 0 Å². The van der Waals surface area contributed by atoms with Crippen LogP contribution in [-0.2, 0) is 0 Å². The Morgan fingerprint density at radius 3 is 2.44 bits per heavy atom. The zero-order chi connectivity index (χ0) is 12.4. The number of rotatable bonds is 2. The van der Waals surface area contributed by atoms with E-state index >= 15 is 0 Å². The average molecular weight is 240 g/mol. The summed E-state index contributed by atoms with van der Waals surface area (Å²) in [6.07, 6.45) is 2.48. The molecule has 0 atom stereocenters. The van der Waals surface area contributed by atoms with Crippen molar-refractivity contribution >= 4 is 16.5 Å². The Morgan fingerprint density at radius 2 is 1.72 bits per heavy atom. The fourth-order valence-corrected chi connectivity index (χ4v) is 2.80. The van der Waals surface area contributed by atoms with Crippen LogP contribution in [0.3, 0.4) is 0 Å².